The third-order valence-corrected chi connectivity index (χ3v) is 4.66. The van der Waals surface area contributed by atoms with Crippen molar-refractivity contribution in [3.63, 3.8) is 0 Å². The Morgan fingerprint density at radius 2 is 2.26 bits per heavy atom. The lowest BCUT2D eigenvalue weighted by Gasteiger charge is -2.33. The van der Waals surface area contributed by atoms with Crippen molar-refractivity contribution in [3.8, 4) is 0 Å². The molecular weight excluding hydrogens is 288 g/mol. The quantitative estimate of drug-likeness (QED) is 0.871. The van der Waals surface area contributed by atoms with E-state index in [-0.39, 0.29) is 5.91 Å². The van der Waals surface area contributed by atoms with Crippen LogP contribution in [0.3, 0.4) is 0 Å². The first-order chi connectivity index (χ1) is 11.1. The van der Waals surface area contributed by atoms with Gasteiger partial charge in [0.05, 0.1) is 0 Å². The summed E-state index contributed by atoms with van der Waals surface area (Å²) in [6.45, 7) is 3.83. The lowest BCUT2D eigenvalue weighted by Crippen LogP contribution is -2.39. The third-order valence-electron chi connectivity index (χ3n) is 4.66. The Balaban J connectivity index is 1.59. The Hall–Kier alpha value is -2.17. The maximum atomic E-state index is 12.5. The molecule has 0 spiro atoms. The van der Waals surface area contributed by atoms with Crippen molar-refractivity contribution < 1.29 is 4.79 Å². The van der Waals surface area contributed by atoms with E-state index in [1.807, 2.05) is 16.5 Å². The SMILES string of the molecule is Cc1cccc(C2CCCN(C(=O)CCc3nncn3C)C2)c1. The van der Waals surface area contributed by atoms with Crippen molar-refractivity contribution in [2.45, 2.75) is 38.5 Å². The molecule has 5 nitrogen and oxygen atoms in total. The number of carbonyl (C=O) groups is 1. The Kier molecular flexibility index (Phi) is 4.74. The standard InChI is InChI=1S/C18H24N4O/c1-14-5-3-6-15(11-14)16-7-4-10-22(12-16)18(23)9-8-17-20-19-13-21(17)2/h3,5-6,11,13,16H,4,7-10,12H2,1-2H3. The maximum Gasteiger partial charge on any atom is 0.223 e. The van der Waals surface area contributed by atoms with Crippen LogP contribution in [0.2, 0.25) is 0 Å². The molecule has 0 aliphatic carbocycles. The van der Waals surface area contributed by atoms with E-state index in [1.165, 1.54) is 11.1 Å². The van der Waals surface area contributed by atoms with Crippen LogP contribution in [0.1, 0.15) is 42.1 Å². The number of carbonyl (C=O) groups excluding carboxylic acids is 1. The largest absolute Gasteiger partial charge is 0.342 e. The summed E-state index contributed by atoms with van der Waals surface area (Å²) >= 11 is 0. The van der Waals surface area contributed by atoms with Crippen LogP contribution in [0, 0.1) is 6.92 Å². The number of hydrogen-bond acceptors (Lipinski definition) is 3. The zero-order chi connectivity index (χ0) is 16.2. The molecule has 1 aliphatic heterocycles. The smallest absolute Gasteiger partial charge is 0.223 e. The minimum atomic E-state index is 0.227. The van der Waals surface area contributed by atoms with Crippen LogP contribution >= 0.6 is 0 Å². The van der Waals surface area contributed by atoms with Crippen LogP contribution in [0.5, 0.6) is 0 Å². The molecule has 0 N–H and O–H groups in total. The van der Waals surface area contributed by atoms with Gasteiger partial charge < -0.3 is 9.47 Å². The summed E-state index contributed by atoms with van der Waals surface area (Å²) in [5, 5.41) is 7.91. The van der Waals surface area contributed by atoms with Gasteiger partial charge in [0.1, 0.15) is 12.2 Å². The molecule has 5 heteroatoms. The molecule has 1 amide bonds. The van der Waals surface area contributed by atoms with Crippen molar-refractivity contribution in [3.05, 3.63) is 47.5 Å². The minimum absolute atomic E-state index is 0.227. The zero-order valence-electron chi connectivity index (χ0n) is 13.9. The molecule has 0 radical (unpaired) electrons. The number of aromatic nitrogens is 3. The molecule has 2 heterocycles. The molecule has 122 valence electrons. The average molecular weight is 312 g/mol. The number of amides is 1. The molecule has 1 fully saturated rings. The lowest BCUT2D eigenvalue weighted by molar-refractivity contribution is -0.132. The van der Waals surface area contributed by atoms with E-state index >= 15 is 0 Å². The number of rotatable bonds is 4. The summed E-state index contributed by atoms with van der Waals surface area (Å²) in [4.78, 5) is 14.5. The molecule has 1 saturated heterocycles. The van der Waals surface area contributed by atoms with Crippen LogP contribution in [-0.2, 0) is 18.3 Å². The highest BCUT2D eigenvalue weighted by Gasteiger charge is 2.24. The highest BCUT2D eigenvalue weighted by molar-refractivity contribution is 5.76. The van der Waals surface area contributed by atoms with E-state index in [0.717, 1.165) is 31.8 Å². The minimum Gasteiger partial charge on any atom is -0.342 e. The maximum absolute atomic E-state index is 12.5. The fourth-order valence-electron chi connectivity index (χ4n) is 3.31. The highest BCUT2D eigenvalue weighted by Crippen LogP contribution is 2.27. The predicted octanol–water partition coefficient (Wildman–Crippen LogP) is 2.46. The molecule has 23 heavy (non-hydrogen) atoms. The second-order valence-electron chi connectivity index (χ2n) is 6.45. The van der Waals surface area contributed by atoms with Crippen LogP contribution in [0.15, 0.2) is 30.6 Å². The van der Waals surface area contributed by atoms with Crippen molar-refractivity contribution in [1.29, 1.82) is 0 Å². The van der Waals surface area contributed by atoms with Crippen LogP contribution in [-0.4, -0.2) is 38.7 Å². The molecule has 0 bridgehead atoms. The van der Waals surface area contributed by atoms with E-state index in [4.69, 9.17) is 0 Å². The van der Waals surface area contributed by atoms with Crippen LogP contribution < -0.4 is 0 Å². The van der Waals surface area contributed by atoms with E-state index in [1.54, 1.807) is 6.33 Å². The van der Waals surface area contributed by atoms with Crippen molar-refractivity contribution in [2.24, 2.45) is 7.05 Å². The van der Waals surface area contributed by atoms with Gasteiger partial charge >= 0.3 is 0 Å². The van der Waals surface area contributed by atoms with Gasteiger partial charge in [0.2, 0.25) is 5.91 Å². The fraction of sp³-hybridized carbons (Fsp3) is 0.500. The van der Waals surface area contributed by atoms with Gasteiger partial charge in [0, 0.05) is 38.9 Å². The van der Waals surface area contributed by atoms with Gasteiger partial charge in [-0.3, -0.25) is 4.79 Å². The van der Waals surface area contributed by atoms with Gasteiger partial charge in [-0.15, -0.1) is 10.2 Å². The molecule has 0 saturated carbocycles. The van der Waals surface area contributed by atoms with Crippen molar-refractivity contribution in [1.82, 2.24) is 19.7 Å². The second kappa shape index (κ2) is 6.94. The molecule has 3 rings (SSSR count). The van der Waals surface area contributed by atoms with E-state index in [2.05, 4.69) is 41.4 Å². The van der Waals surface area contributed by atoms with E-state index in [0.29, 0.717) is 18.8 Å². The molecular formula is C18H24N4O. The summed E-state index contributed by atoms with van der Waals surface area (Å²) in [5.41, 5.74) is 2.64. The lowest BCUT2D eigenvalue weighted by atomic mass is 9.89. The van der Waals surface area contributed by atoms with Crippen molar-refractivity contribution >= 4 is 5.91 Å². The number of nitrogens with zero attached hydrogens (tertiary/aromatic N) is 4. The summed E-state index contributed by atoms with van der Waals surface area (Å²) in [7, 11) is 1.91. The summed E-state index contributed by atoms with van der Waals surface area (Å²) in [6.07, 6.45) is 5.08. The monoisotopic (exact) mass is 312 g/mol. The van der Waals surface area contributed by atoms with E-state index < -0.39 is 0 Å². The highest BCUT2D eigenvalue weighted by atomic mass is 16.2. The Labute approximate surface area is 137 Å². The molecule has 2 aromatic rings. The first-order valence-corrected chi connectivity index (χ1v) is 8.30. The number of hydrogen-bond donors (Lipinski definition) is 0. The second-order valence-corrected chi connectivity index (χ2v) is 6.45. The number of likely N-dealkylation sites (tertiary alicyclic amines) is 1. The Morgan fingerprint density at radius 1 is 1.39 bits per heavy atom. The normalized spacial score (nSPS) is 18.2. The fourth-order valence-corrected chi connectivity index (χ4v) is 3.31. The van der Waals surface area contributed by atoms with Gasteiger partial charge in [0.25, 0.3) is 0 Å². The number of aryl methyl sites for hydroxylation is 3. The molecule has 1 aromatic carbocycles. The van der Waals surface area contributed by atoms with Crippen LogP contribution in [0.25, 0.3) is 0 Å². The summed E-state index contributed by atoms with van der Waals surface area (Å²) < 4.78 is 1.87. The van der Waals surface area contributed by atoms with Gasteiger partial charge in [-0.1, -0.05) is 29.8 Å². The molecule has 1 aliphatic rings. The van der Waals surface area contributed by atoms with E-state index in [9.17, 15) is 4.79 Å². The third kappa shape index (κ3) is 3.78. The van der Waals surface area contributed by atoms with Crippen molar-refractivity contribution in [2.75, 3.05) is 13.1 Å². The molecule has 1 atom stereocenters. The average Bonchev–Trinajstić information content (AvgIpc) is 2.98. The van der Waals surface area contributed by atoms with Gasteiger partial charge in [-0.25, -0.2) is 0 Å². The van der Waals surface area contributed by atoms with Gasteiger partial charge in [0.15, 0.2) is 0 Å². The molecule has 1 unspecified atom stereocenters. The topological polar surface area (TPSA) is 51.0 Å². The number of benzene rings is 1. The predicted molar refractivity (Wildman–Crippen MR) is 89.1 cm³/mol. The first kappa shape index (κ1) is 15.7. The Morgan fingerprint density at radius 3 is 3.00 bits per heavy atom. The molecule has 1 aromatic heterocycles. The number of piperidine rings is 1. The van der Waals surface area contributed by atoms with Crippen LogP contribution in [0.4, 0.5) is 0 Å². The van der Waals surface area contributed by atoms with Gasteiger partial charge in [-0.2, -0.15) is 0 Å². The summed E-state index contributed by atoms with van der Waals surface area (Å²) in [5.74, 6) is 1.55. The summed E-state index contributed by atoms with van der Waals surface area (Å²) in [6, 6.07) is 8.67. The Bertz CT molecular complexity index is 679. The zero-order valence-corrected chi connectivity index (χ0v) is 13.9. The first-order valence-electron chi connectivity index (χ1n) is 8.30. The van der Waals surface area contributed by atoms with Gasteiger partial charge in [-0.05, 0) is 25.3 Å².